The average Bonchev–Trinajstić information content (AvgIpc) is 3.23. The van der Waals surface area contributed by atoms with Crippen LogP contribution in [0.15, 0.2) is 39.9 Å². The van der Waals surface area contributed by atoms with Gasteiger partial charge >= 0.3 is 0 Å². The van der Waals surface area contributed by atoms with Gasteiger partial charge in [0.05, 0.1) is 13.1 Å². The third-order valence-electron chi connectivity index (χ3n) is 5.59. The number of likely N-dealkylation sites (N-methyl/N-ethyl adjacent to an activating group) is 1. The number of pyridine rings is 1. The van der Waals surface area contributed by atoms with Crippen LogP contribution in [0.3, 0.4) is 0 Å². The molecule has 3 N–H and O–H groups in total. The van der Waals surface area contributed by atoms with Gasteiger partial charge < -0.3 is 30.0 Å². The first kappa shape index (κ1) is 26.4. The average molecular weight is 556 g/mol. The summed E-state index contributed by atoms with van der Waals surface area (Å²) in [4.78, 5) is 14.1. The second-order valence-corrected chi connectivity index (χ2v) is 8.18. The first-order chi connectivity index (χ1) is 14.9. The van der Waals surface area contributed by atoms with Gasteiger partial charge in [0, 0.05) is 38.9 Å². The summed E-state index contributed by atoms with van der Waals surface area (Å²) in [5.74, 6) is 2.98. The number of nitrogens with zero attached hydrogens (tertiary/aromatic N) is 4. The molecule has 0 aliphatic carbocycles. The minimum Gasteiger partial charge on any atom is -0.463 e. The van der Waals surface area contributed by atoms with E-state index in [0.29, 0.717) is 18.3 Å². The second-order valence-electron chi connectivity index (χ2n) is 8.18. The van der Waals surface area contributed by atoms with Gasteiger partial charge in [-0.2, -0.15) is 0 Å². The number of hydrogen-bond acceptors (Lipinski definition) is 6. The Morgan fingerprint density at radius 3 is 2.47 bits per heavy atom. The zero-order chi connectivity index (χ0) is 22.3. The molecule has 32 heavy (non-hydrogen) atoms. The predicted octanol–water partition coefficient (Wildman–Crippen LogP) is 2.71. The lowest BCUT2D eigenvalue weighted by Crippen LogP contribution is -2.46. The van der Waals surface area contributed by atoms with Crippen LogP contribution in [0.1, 0.15) is 37.9 Å². The van der Waals surface area contributed by atoms with Crippen LogP contribution in [0.2, 0.25) is 0 Å². The van der Waals surface area contributed by atoms with Gasteiger partial charge in [-0.3, -0.25) is 0 Å². The Labute approximate surface area is 208 Å². The molecule has 0 bridgehead atoms. The largest absolute Gasteiger partial charge is 0.463 e. The molecule has 8 nitrogen and oxygen atoms in total. The number of guanidine groups is 1. The SMILES string of the molecule is CCNC(=NCc1ccc(N2CCN(CC)CC2)nc1)NCC(C)(O)c1ccc(C)o1.I. The summed E-state index contributed by atoms with van der Waals surface area (Å²) >= 11 is 0. The maximum Gasteiger partial charge on any atom is 0.191 e. The van der Waals surface area contributed by atoms with Crippen LogP contribution in [-0.2, 0) is 12.1 Å². The first-order valence-electron chi connectivity index (χ1n) is 11.1. The zero-order valence-electron chi connectivity index (χ0n) is 19.6. The van der Waals surface area contributed by atoms with E-state index in [4.69, 9.17) is 4.42 Å². The smallest absolute Gasteiger partial charge is 0.191 e. The van der Waals surface area contributed by atoms with Crippen molar-refractivity contribution in [1.29, 1.82) is 0 Å². The molecule has 1 saturated heterocycles. The summed E-state index contributed by atoms with van der Waals surface area (Å²) in [6, 6.07) is 7.82. The van der Waals surface area contributed by atoms with Gasteiger partial charge in [-0.15, -0.1) is 24.0 Å². The molecule has 3 rings (SSSR count). The molecule has 0 radical (unpaired) electrons. The highest BCUT2D eigenvalue weighted by atomic mass is 127. The minimum atomic E-state index is -1.13. The minimum absolute atomic E-state index is 0. The molecule has 0 saturated carbocycles. The second kappa shape index (κ2) is 12.4. The number of aliphatic imine (C=N–C) groups is 1. The van der Waals surface area contributed by atoms with Gasteiger partial charge in [0.2, 0.25) is 0 Å². The summed E-state index contributed by atoms with van der Waals surface area (Å²) in [7, 11) is 0. The molecule has 1 aliphatic rings. The lowest BCUT2D eigenvalue weighted by atomic mass is 10.0. The number of hydrogen-bond donors (Lipinski definition) is 3. The van der Waals surface area contributed by atoms with E-state index >= 15 is 0 Å². The summed E-state index contributed by atoms with van der Waals surface area (Å²) in [5, 5.41) is 17.2. The van der Waals surface area contributed by atoms with Gasteiger partial charge in [-0.1, -0.05) is 13.0 Å². The van der Waals surface area contributed by atoms with E-state index in [1.54, 1.807) is 13.0 Å². The number of furan rings is 1. The van der Waals surface area contributed by atoms with Crippen LogP contribution in [0.25, 0.3) is 0 Å². The standard InChI is InChI=1S/C23H36N6O2.HI/c1-5-24-22(27-17-23(4,30)20-9-7-18(3)31-20)26-16-19-8-10-21(25-15-19)29-13-11-28(6-2)12-14-29;/h7-10,15,30H,5-6,11-14,16-17H2,1-4H3,(H2,24,26,27);1H. The molecule has 2 aromatic heterocycles. The number of nitrogens with one attached hydrogen (secondary N) is 2. The van der Waals surface area contributed by atoms with Crippen LogP contribution >= 0.6 is 24.0 Å². The molecule has 1 aliphatic heterocycles. The lowest BCUT2D eigenvalue weighted by molar-refractivity contribution is 0.0378. The van der Waals surface area contributed by atoms with Gasteiger partial charge in [-0.25, -0.2) is 9.98 Å². The monoisotopic (exact) mass is 556 g/mol. The van der Waals surface area contributed by atoms with Crippen LogP contribution in [0.4, 0.5) is 5.82 Å². The lowest BCUT2D eigenvalue weighted by Gasteiger charge is -2.34. The number of rotatable bonds is 8. The number of anilines is 1. The predicted molar refractivity (Wildman–Crippen MR) is 140 cm³/mol. The first-order valence-corrected chi connectivity index (χ1v) is 11.1. The van der Waals surface area contributed by atoms with Crippen molar-refractivity contribution in [3.8, 4) is 0 Å². The maximum absolute atomic E-state index is 10.7. The molecule has 178 valence electrons. The Hall–Kier alpha value is -1.85. The van der Waals surface area contributed by atoms with E-state index in [1.807, 2.05) is 26.1 Å². The maximum atomic E-state index is 10.7. The topological polar surface area (TPSA) is 89.2 Å². The number of piperazine rings is 1. The Bertz CT molecular complexity index is 844. The van der Waals surface area contributed by atoms with E-state index in [1.165, 1.54) is 0 Å². The molecule has 1 unspecified atom stereocenters. The summed E-state index contributed by atoms with van der Waals surface area (Å²) in [6.07, 6.45) is 1.90. The highest BCUT2D eigenvalue weighted by Crippen LogP contribution is 2.22. The molecule has 2 aromatic rings. The third kappa shape index (κ3) is 7.35. The van der Waals surface area contributed by atoms with Crippen molar-refractivity contribution in [2.45, 2.75) is 39.8 Å². The quantitative estimate of drug-likeness (QED) is 0.262. The zero-order valence-corrected chi connectivity index (χ0v) is 21.9. The molecular formula is C23H37IN6O2. The van der Waals surface area contributed by atoms with Crippen LogP contribution < -0.4 is 15.5 Å². The highest BCUT2D eigenvalue weighted by molar-refractivity contribution is 14.0. The van der Waals surface area contributed by atoms with Crippen molar-refractivity contribution in [1.82, 2.24) is 20.5 Å². The fourth-order valence-electron chi connectivity index (χ4n) is 3.57. The normalized spacial score (nSPS) is 16.9. The van der Waals surface area contributed by atoms with Crippen LogP contribution in [0, 0.1) is 6.92 Å². The Morgan fingerprint density at radius 2 is 1.91 bits per heavy atom. The molecule has 3 heterocycles. The molecule has 0 amide bonds. The number of aryl methyl sites for hydroxylation is 1. The van der Waals surface area contributed by atoms with Gasteiger partial charge in [0.25, 0.3) is 0 Å². The van der Waals surface area contributed by atoms with Gasteiger partial charge in [0.15, 0.2) is 5.96 Å². The van der Waals surface area contributed by atoms with E-state index in [2.05, 4.69) is 49.5 Å². The number of halogens is 1. The van der Waals surface area contributed by atoms with E-state index in [9.17, 15) is 5.11 Å². The molecule has 1 fully saturated rings. The van der Waals surface area contributed by atoms with Crippen molar-refractivity contribution in [3.05, 3.63) is 47.5 Å². The Kier molecular flexibility index (Phi) is 10.2. The van der Waals surface area contributed by atoms with Crippen molar-refractivity contribution in [3.63, 3.8) is 0 Å². The van der Waals surface area contributed by atoms with Gasteiger partial charge in [0.1, 0.15) is 22.9 Å². The molecular weight excluding hydrogens is 519 g/mol. The van der Waals surface area contributed by atoms with Crippen molar-refractivity contribution in [2.75, 3.05) is 50.7 Å². The van der Waals surface area contributed by atoms with Crippen LogP contribution in [0.5, 0.6) is 0 Å². The summed E-state index contributed by atoms with van der Waals surface area (Å²) in [5.41, 5.74) is -0.0864. The van der Waals surface area contributed by atoms with Crippen molar-refractivity contribution in [2.24, 2.45) is 4.99 Å². The Morgan fingerprint density at radius 1 is 1.16 bits per heavy atom. The number of aliphatic hydroxyl groups is 1. The van der Waals surface area contributed by atoms with Crippen molar-refractivity contribution >= 4 is 35.8 Å². The molecule has 9 heteroatoms. The fourth-order valence-corrected chi connectivity index (χ4v) is 3.57. The van der Waals surface area contributed by atoms with Crippen LogP contribution in [-0.4, -0.2) is 66.8 Å². The van der Waals surface area contributed by atoms with E-state index < -0.39 is 5.60 Å². The fraction of sp³-hybridized carbons (Fsp3) is 0.565. The van der Waals surface area contributed by atoms with Gasteiger partial charge in [-0.05, 0) is 51.1 Å². The molecule has 0 aromatic carbocycles. The Balaban J connectivity index is 0.00000363. The highest BCUT2D eigenvalue weighted by Gasteiger charge is 2.27. The summed E-state index contributed by atoms with van der Waals surface area (Å²) < 4.78 is 5.58. The van der Waals surface area contributed by atoms with E-state index in [-0.39, 0.29) is 30.5 Å². The third-order valence-corrected chi connectivity index (χ3v) is 5.59. The van der Waals surface area contributed by atoms with Crippen molar-refractivity contribution < 1.29 is 9.52 Å². The van der Waals surface area contributed by atoms with E-state index in [0.717, 1.165) is 56.4 Å². The molecule has 0 spiro atoms. The number of aromatic nitrogens is 1. The molecule has 1 atom stereocenters. The summed E-state index contributed by atoms with van der Waals surface area (Å²) in [6.45, 7) is 14.6.